The van der Waals surface area contributed by atoms with Crippen molar-refractivity contribution in [2.45, 2.75) is 25.4 Å². The van der Waals surface area contributed by atoms with Gasteiger partial charge < -0.3 is 10.6 Å². The molecule has 104 valence electrons. The third-order valence-electron chi connectivity index (χ3n) is 3.60. The average Bonchev–Trinajstić information content (AvgIpc) is 2.36. The van der Waals surface area contributed by atoms with Crippen LogP contribution in [0.1, 0.15) is 13.3 Å². The monoisotopic (exact) mass is 325 g/mol. The number of amides is 1. The Bertz CT molecular complexity index is 466. The molecule has 0 radical (unpaired) electrons. The molecule has 2 atom stereocenters. The fourth-order valence-corrected chi connectivity index (χ4v) is 3.17. The van der Waals surface area contributed by atoms with Crippen LogP contribution in [0.2, 0.25) is 0 Å². The third kappa shape index (κ3) is 2.83. The number of anilines is 1. The summed E-state index contributed by atoms with van der Waals surface area (Å²) >= 11 is 3.53. The molecule has 1 aromatic carbocycles. The van der Waals surface area contributed by atoms with Gasteiger partial charge in [0, 0.05) is 17.1 Å². The molecule has 1 heterocycles. The van der Waals surface area contributed by atoms with E-state index in [1.165, 1.54) is 0 Å². The van der Waals surface area contributed by atoms with Crippen molar-refractivity contribution in [3.63, 3.8) is 0 Å². The van der Waals surface area contributed by atoms with E-state index in [9.17, 15) is 4.79 Å². The van der Waals surface area contributed by atoms with E-state index in [4.69, 9.17) is 5.73 Å². The van der Waals surface area contributed by atoms with Crippen LogP contribution >= 0.6 is 15.9 Å². The Hall–Kier alpha value is -0.910. The first kappa shape index (κ1) is 14.5. The summed E-state index contributed by atoms with van der Waals surface area (Å²) in [5.74, 6) is 0.138. The van der Waals surface area contributed by atoms with E-state index in [1.807, 2.05) is 36.2 Å². The van der Waals surface area contributed by atoms with Crippen molar-refractivity contribution in [3.8, 4) is 0 Å². The highest BCUT2D eigenvalue weighted by Crippen LogP contribution is 2.31. The van der Waals surface area contributed by atoms with Crippen molar-refractivity contribution in [1.29, 1.82) is 0 Å². The minimum Gasteiger partial charge on any atom is -0.330 e. The van der Waals surface area contributed by atoms with Gasteiger partial charge in [-0.3, -0.25) is 9.69 Å². The number of nitrogens with two attached hydrogens (primary N) is 1. The lowest BCUT2D eigenvalue weighted by atomic mass is 10.0. The Labute approximate surface area is 122 Å². The normalized spacial score (nSPS) is 24.8. The lowest BCUT2D eigenvalue weighted by Crippen LogP contribution is -2.60. The van der Waals surface area contributed by atoms with Gasteiger partial charge in [0.15, 0.2) is 0 Å². The molecule has 4 nitrogen and oxygen atoms in total. The van der Waals surface area contributed by atoms with Crippen LogP contribution in [0.3, 0.4) is 0 Å². The molecule has 1 aromatic rings. The number of hydrogen-bond acceptors (Lipinski definition) is 3. The van der Waals surface area contributed by atoms with Crippen molar-refractivity contribution in [2.24, 2.45) is 5.73 Å². The molecule has 0 spiro atoms. The van der Waals surface area contributed by atoms with Gasteiger partial charge in [0.1, 0.15) is 0 Å². The second-order valence-electron chi connectivity index (χ2n) is 5.04. The maximum Gasteiger partial charge on any atom is 0.244 e. The smallest absolute Gasteiger partial charge is 0.244 e. The topological polar surface area (TPSA) is 49.6 Å². The van der Waals surface area contributed by atoms with Gasteiger partial charge in [-0.25, -0.2) is 0 Å². The van der Waals surface area contributed by atoms with Gasteiger partial charge in [-0.1, -0.05) is 12.1 Å². The second kappa shape index (κ2) is 6.03. The van der Waals surface area contributed by atoms with Crippen LogP contribution in [-0.4, -0.2) is 43.0 Å². The largest absolute Gasteiger partial charge is 0.330 e. The number of piperazine rings is 1. The van der Waals surface area contributed by atoms with Gasteiger partial charge in [0.25, 0.3) is 0 Å². The Balaban J connectivity index is 2.33. The summed E-state index contributed by atoms with van der Waals surface area (Å²) in [6.07, 6.45) is 0.697. The number of carbonyl (C=O) groups is 1. The fourth-order valence-electron chi connectivity index (χ4n) is 2.70. The molecule has 19 heavy (non-hydrogen) atoms. The predicted octanol–water partition coefficient (Wildman–Crippen LogP) is 1.83. The van der Waals surface area contributed by atoms with E-state index in [2.05, 4.69) is 27.8 Å². The summed E-state index contributed by atoms with van der Waals surface area (Å²) < 4.78 is 0.950. The molecule has 0 bridgehead atoms. The van der Waals surface area contributed by atoms with Crippen LogP contribution in [0.4, 0.5) is 5.69 Å². The zero-order valence-electron chi connectivity index (χ0n) is 11.3. The van der Waals surface area contributed by atoms with Gasteiger partial charge in [0.2, 0.25) is 5.91 Å². The summed E-state index contributed by atoms with van der Waals surface area (Å²) in [5.41, 5.74) is 6.57. The number of rotatable bonds is 3. The summed E-state index contributed by atoms with van der Waals surface area (Å²) in [5, 5.41) is 0. The quantitative estimate of drug-likeness (QED) is 0.922. The number of carbonyl (C=O) groups excluding carboxylic acids is 1. The van der Waals surface area contributed by atoms with E-state index in [0.29, 0.717) is 13.0 Å². The molecule has 1 aliphatic rings. The Morgan fingerprint density at radius 3 is 2.74 bits per heavy atom. The van der Waals surface area contributed by atoms with E-state index < -0.39 is 0 Å². The SMILES string of the molecule is CC1CN(C)C(CCN)C(=O)N1c1ccccc1Br. The minimum absolute atomic E-state index is 0.117. The van der Waals surface area contributed by atoms with E-state index in [1.54, 1.807) is 0 Å². The Morgan fingerprint density at radius 2 is 2.11 bits per heavy atom. The van der Waals surface area contributed by atoms with E-state index in [0.717, 1.165) is 16.7 Å². The second-order valence-corrected chi connectivity index (χ2v) is 5.90. The summed E-state index contributed by atoms with van der Waals surface area (Å²) in [7, 11) is 1.99. The minimum atomic E-state index is -0.117. The van der Waals surface area contributed by atoms with Crippen molar-refractivity contribution < 1.29 is 4.79 Å². The van der Waals surface area contributed by atoms with Crippen LogP contribution in [0, 0.1) is 0 Å². The fraction of sp³-hybridized carbons (Fsp3) is 0.500. The average molecular weight is 326 g/mol. The maximum absolute atomic E-state index is 12.7. The number of halogens is 1. The third-order valence-corrected chi connectivity index (χ3v) is 4.27. The van der Waals surface area contributed by atoms with Gasteiger partial charge >= 0.3 is 0 Å². The van der Waals surface area contributed by atoms with Crippen molar-refractivity contribution in [3.05, 3.63) is 28.7 Å². The van der Waals surface area contributed by atoms with Crippen molar-refractivity contribution in [1.82, 2.24) is 4.90 Å². The molecule has 1 fully saturated rings. The molecular weight excluding hydrogens is 306 g/mol. The number of hydrogen-bond donors (Lipinski definition) is 1. The molecule has 1 aliphatic heterocycles. The van der Waals surface area contributed by atoms with E-state index in [-0.39, 0.29) is 18.0 Å². The Morgan fingerprint density at radius 1 is 1.42 bits per heavy atom. The first-order valence-corrected chi connectivity index (χ1v) is 7.33. The first-order valence-electron chi connectivity index (χ1n) is 6.54. The van der Waals surface area contributed by atoms with Crippen LogP contribution in [0.5, 0.6) is 0 Å². The van der Waals surface area contributed by atoms with Crippen molar-refractivity contribution in [2.75, 3.05) is 25.0 Å². The molecule has 2 N–H and O–H groups in total. The molecule has 0 saturated carbocycles. The highest BCUT2D eigenvalue weighted by Gasteiger charge is 2.37. The van der Waals surface area contributed by atoms with E-state index >= 15 is 0 Å². The van der Waals surface area contributed by atoms with Crippen LogP contribution in [-0.2, 0) is 4.79 Å². The van der Waals surface area contributed by atoms with Crippen molar-refractivity contribution >= 4 is 27.5 Å². The lowest BCUT2D eigenvalue weighted by Gasteiger charge is -2.43. The van der Waals surface area contributed by atoms with Crippen LogP contribution < -0.4 is 10.6 Å². The molecule has 1 saturated heterocycles. The van der Waals surface area contributed by atoms with Gasteiger partial charge in [-0.15, -0.1) is 0 Å². The van der Waals surface area contributed by atoms with Gasteiger partial charge in [0.05, 0.1) is 11.7 Å². The molecule has 0 aliphatic carbocycles. The zero-order chi connectivity index (χ0) is 14.0. The maximum atomic E-state index is 12.7. The molecule has 2 unspecified atom stereocenters. The number of likely N-dealkylation sites (N-methyl/N-ethyl adjacent to an activating group) is 1. The summed E-state index contributed by atoms with van der Waals surface area (Å²) in [6, 6.07) is 7.89. The van der Waals surface area contributed by atoms with Crippen LogP contribution in [0.15, 0.2) is 28.7 Å². The lowest BCUT2D eigenvalue weighted by molar-refractivity contribution is -0.126. The van der Waals surface area contributed by atoms with Gasteiger partial charge in [-0.05, 0) is 55.0 Å². The standard InChI is InChI=1S/C14H20BrN3O/c1-10-9-17(2)13(7-8-16)14(19)18(10)12-6-4-3-5-11(12)15/h3-6,10,13H,7-9,16H2,1-2H3. The first-order chi connectivity index (χ1) is 9.06. The molecular formula is C14H20BrN3O. The number of para-hydroxylation sites is 1. The zero-order valence-corrected chi connectivity index (χ0v) is 12.9. The highest BCUT2D eigenvalue weighted by atomic mass is 79.9. The molecule has 2 rings (SSSR count). The summed E-state index contributed by atoms with van der Waals surface area (Å²) in [4.78, 5) is 16.7. The Kier molecular flexibility index (Phi) is 4.60. The highest BCUT2D eigenvalue weighted by molar-refractivity contribution is 9.10. The van der Waals surface area contributed by atoms with Crippen LogP contribution in [0.25, 0.3) is 0 Å². The molecule has 5 heteroatoms. The van der Waals surface area contributed by atoms with Gasteiger partial charge in [-0.2, -0.15) is 0 Å². The molecule has 1 amide bonds. The summed E-state index contributed by atoms with van der Waals surface area (Å²) in [6.45, 7) is 3.46. The predicted molar refractivity (Wildman–Crippen MR) is 81.2 cm³/mol. The molecule has 0 aromatic heterocycles. The number of nitrogens with zero attached hydrogens (tertiary/aromatic N) is 2. The number of benzene rings is 1.